The second-order valence-corrected chi connectivity index (χ2v) is 7.22. The summed E-state index contributed by atoms with van der Waals surface area (Å²) in [7, 11) is 0. The van der Waals surface area contributed by atoms with Crippen LogP contribution in [-0.2, 0) is 9.53 Å². The van der Waals surface area contributed by atoms with Crippen LogP contribution >= 0.6 is 11.6 Å². The van der Waals surface area contributed by atoms with Crippen molar-refractivity contribution in [2.75, 3.05) is 11.9 Å². The lowest BCUT2D eigenvalue weighted by Gasteiger charge is -2.09. The zero-order chi connectivity index (χ0) is 22.5. The number of halogens is 1. The molecule has 1 aromatic carbocycles. The third-order valence-electron chi connectivity index (χ3n) is 4.40. The Bertz CT molecular complexity index is 1140. The summed E-state index contributed by atoms with van der Waals surface area (Å²) < 4.78 is 6.72. The monoisotopic (exact) mass is 440 g/mol. The number of Topliss-reactive ketones (excluding diaryl/α,β-unsaturated/α-hetero) is 1. The Morgan fingerprint density at radius 3 is 2.42 bits per heavy atom. The number of hydrogen-bond donors (Lipinski definition) is 1. The fourth-order valence-corrected chi connectivity index (χ4v) is 3.01. The van der Waals surface area contributed by atoms with E-state index in [0.717, 1.165) is 11.4 Å². The first kappa shape index (κ1) is 22.2. The molecule has 2 aromatic heterocycles. The Hall–Kier alpha value is -3.52. The molecule has 0 unspecified atom stereocenters. The summed E-state index contributed by atoms with van der Waals surface area (Å²) in [4.78, 5) is 40.5. The van der Waals surface area contributed by atoms with Crippen LogP contribution in [0.1, 0.15) is 45.6 Å². The summed E-state index contributed by atoms with van der Waals surface area (Å²) in [5.74, 6) is -0.917. The largest absolute Gasteiger partial charge is 0.453 e. The van der Waals surface area contributed by atoms with Gasteiger partial charge >= 0.3 is 5.97 Å². The van der Waals surface area contributed by atoms with Gasteiger partial charge in [0.2, 0.25) is 5.91 Å². The van der Waals surface area contributed by atoms with E-state index < -0.39 is 18.4 Å². The lowest BCUT2D eigenvalue weighted by atomic mass is 10.1. The van der Waals surface area contributed by atoms with Crippen molar-refractivity contribution >= 4 is 34.9 Å². The lowest BCUT2D eigenvalue weighted by molar-refractivity contribution is -0.115. The minimum absolute atomic E-state index is 0.0999. The van der Waals surface area contributed by atoms with Crippen LogP contribution in [0.15, 0.2) is 42.5 Å². The normalized spacial score (nSPS) is 10.6. The molecule has 0 fully saturated rings. The average Bonchev–Trinajstić information content (AvgIpc) is 3.10. The number of ether oxygens (including phenoxy) is 1. The molecule has 0 aliphatic rings. The first-order valence-electron chi connectivity index (χ1n) is 9.59. The third kappa shape index (κ3) is 5.35. The number of rotatable bonds is 7. The molecule has 8 nitrogen and oxygen atoms in total. The van der Waals surface area contributed by atoms with E-state index in [4.69, 9.17) is 16.3 Å². The van der Waals surface area contributed by atoms with E-state index in [1.54, 1.807) is 41.9 Å². The number of anilines is 1. The number of aromatic nitrogens is 3. The van der Waals surface area contributed by atoms with Crippen molar-refractivity contribution in [1.29, 1.82) is 0 Å². The number of nitrogens with zero attached hydrogens (tertiary/aromatic N) is 3. The van der Waals surface area contributed by atoms with Crippen LogP contribution in [0.25, 0.3) is 5.82 Å². The van der Waals surface area contributed by atoms with E-state index in [-0.39, 0.29) is 16.6 Å². The van der Waals surface area contributed by atoms with E-state index in [9.17, 15) is 14.4 Å². The van der Waals surface area contributed by atoms with E-state index >= 15 is 0 Å². The van der Waals surface area contributed by atoms with Crippen molar-refractivity contribution in [3.05, 3.63) is 70.1 Å². The van der Waals surface area contributed by atoms with Crippen molar-refractivity contribution in [1.82, 2.24) is 14.8 Å². The molecule has 0 spiro atoms. The number of hydrogen-bond acceptors (Lipinski definition) is 6. The van der Waals surface area contributed by atoms with Crippen LogP contribution in [0.2, 0.25) is 5.02 Å². The Labute approximate surface area is 184 Å². The molecule has 31 heavy (non-hydrogen) atoms. The molecule has 3 rings (SSSR count). The molecule has 9 heteroatoms. The minimum Gasteiger partial charge on any atom is -0.453 e. The van der Waals surface area contributed by atoms with Gasteiger partial charge in [-0.15, -0.1) is 0 Å². The van der Waals surface area contributed by atoms with Crippen LogP contribution in [0, 0.1) is 13.8 Å². The summed E-state index contributed by atoms with van der Waals surface area (Å²) in [5.41, 5.74) is 2.48. The predicted octanol–water partition coefficient (Wildman–Crippen LogP) is 3.93. The Balaban J connectivity index is 1.68. The fourth-order valence-electron chi connectivity index (χ4n) is 2.83. The van der Waals surface area contributed by atoms with Gasteiger partial charge in [0.15, 0.2) is 23.9 Å². The molecule has 0 aliphatic heterocycles. The smallest absolute Gasteiger partial charge is 0.359 e. The average molecular weight is 441 g/mol. The van der Waals surface area contributed by atoms with Gasteiger partial charge in [0.05, 0.1) is 10.7 Å². The van der Waals surface area contributed by atoms with E-state index in [1.165, 1.54) is 6.07 Å². The number of esters is 1. The highest BCUT2D eigenvalue weighted by Crippen LogP contribution is 2.19. The lowest BCUT2D eigenvalue weighted by Crippen LogP contribution is -2.17. The van der Waals surface area contributed by atoms with Crippen molar-refractivity contribution < 1.29 is 19.1 Å². The summed E-state index contributed by atoms with van der Waals surface area (Å²) in [5, 5.41) is 7.14. The number of carbonyl (C=O) groups is 3. The molecular weight excluding hydrogens is 420 g/mol. The maximum atomic E-state index is 12.5. The zero-order valence-electron chi connectivity index (χ0n) is 17.3. The van der Waals surface area contributed by atoms with Crippen molar-refractivity contribution in [3.8, 4) is 5.82 Å². The number of pyridine rings is 1. The number of carbonyl (C=O) groups excluding carboxylic acids is 3. The van der Waals surface area contributed by atoms with Crippen LogP contribution in [-0.4, -0.2) is 39.0 Å². The highest BCUT2D eigenvalue weighted by atomic mass is 35.5. The molecular formula is C22H21ClN4O4. The van der Waals surface area contributed by atoms with Crippen LogP contribution in [0.5, 0.6) is 0 Å². The van der Waals surface area contributed by atoms with Crippen molar-refractivity contribution in [2.45, 2.75) is 27.2 Å². The Kier molecular flexibility index (Phi) is 6.81. The highest BCUT2D eigenvalue weighted by molar-refractivity contribution is 6.33. The molecule has 1 N–H and O–H groups in total. The van der Waals surface area contributed by atoms with E-state index in [1.807, 2.05) is 19.9 Å². The van der Waals surface area contributed by atoms with Crippen LogP contribution in [0.4, 0.5) is 5.69 Å². The molecule has 0 radical (unpaired) electrons. The van der Waals surface area contributed by atoms with Gasteiger partial charge in [0, 0.05) is 23.4 Å². The number of nitrogens with one attached hydrogen (secondary N) is 1. The number of aryl methyl sites for hydroxylation is 2. The van der Waals surface area contributed by atoms with Gasteiger partial charge in [-0.3, -0.25) is 9.59 Å². The van der Waals surface area contributed by atoms with Crippen LogP contribution < -0.4 is 5.32 Å². The summed E-state index contributed by atoms with van der Waals surface area (Å²) in [6, 6.07) is 11.4. The minimum atomic E-state index is -0.812. The first-order chi connectivity index (χ1) is 14.8. The second kappa shape index (κ2) is 9.53. The number of amides is 1. The SMILES string of the molecule is CCC(=O)Nc1ccc(C(=O)COC(=O)c2nc(-n3nc(C)cc3C)ccc2Cl)cc1. The number of ketones is 1. The quantitative estimate of drug-likeness (QED) is 0.441. The van der Waals surface area contributed by atoms with Crippen molar-refractivity contribution in [2.24, 2.45) is 0 Å². The summed E-state index contributed by atoms with van der Waals surface area (Å²) >= 11 is 6.11. The van der Waals surface area contributed by atoms with Gasteiger partial charge in [-0.2, -0.15) is 5.10 Å². The van der Waals surface area contributed by atoms with E-state index in [0.29, 0.717) is 23.5 Å². The molecule has 0 bridgehead atoms. The molecule has 3 aromatic rings. The van der Waals surface area contributed by atoms with Gasteiger partial charge in [-0.1, -0.05) is 18.5 Å². The van der Waals surface area contributed by atoms with Gasteiger partial charge < -0.3 is 10.1 Å². The van der Waals surface area contributed by atoms with Gasteiger partial charge in [-0.05, 0) is 56.3 Å². The molecule has 0 saturated carbocycles. The van der Waals surface area contributed by atoms with Gasteiger partial charge in [-0.25, -0.2) is 14.5 Å². The molecule has 1 amide bonds. The third-order valence-corrected chi connectivity index (χ3v) is 4.70. The fraction of sp³-hybridized carbons (Fsp3) is 0.227. The molecule has 2 heterocycles. The first-order valence-corrected chi connectivity index (χ1v) is 9.96. The summed E-state index contributed by atoms with van der Waals surface area (Å²) in [6.45, 7) is 4.99. The van der Waals surface area contributed by atoms with Gasteiger partial charge in [0.1, 0.15) is 0 Å². The van der Waals surface area contributed by atoms with Crippen molar-refractivity contribution in [3.63, 3.8) is 0 Å². The maximum Gasteiger partial charge on any atom is 0.359 e. The molecule has 0 aliphatic carbocycles. The Morgan fingerprint density at radius 1 is 1.10 bits per heavy atom. The van der Waals surface area contributed by atoms with E-state index in [2.05, 4.69) is 15.4 Å². The number of benzene rings is 1. The Morgan fingerprint density at radius 2 is 1.81 bits per heavy atom. The molecule has 160 valence electrons. The topological polar surface area (TPSA) is 103 Å². The molecule has 0 saturated heterocycles. The standard InChI is InChI=1S/C22H21ClN4O4/c1-4-20(29)24-16-7-5-15(6-8-16)18(28)12-31-22(30)21-17(23)9-10-19(25-21)27-14(3)11-13(2)26-27/h5-11H,4,12H2,1-3H3,(H,24,29). The molecule has 0 atom stereocenters. The zero-order valence-corrected chi connectivity index (χ0v) is 18.1. The van der Waals surface area contributed by atoms with Gasteiger partial charge in [0.25, 0.3) is 0 Å². The predicted molar refractivity (Wildman–Crippen MR) is 116 cm³/mol. The maximum absolute atomic E-state index is 12.5. The highest BCUT2D eigenvalue weighted by Gasteiger charge is 2.18. The second-order valence-electron chi connectivity index (χ2n) is 6.82. The summed E-state index contributed by atoms with van der Waals surface area (Å²) in [6.07, 6.45) is 0.355. The van der Waals surface area contributed by atoms with Crippen LogP contribution in [0.3, 0.4) is 0 Å².